The van der Waals surface area contributed by atoms with Crippen molar-refractivity contribution < 1.29 is 34.7 Å². The fraction of sp³-hybridized carbons (Fsp3) is 0.417. The van der Waals surface area contributed by atoms with Crippen LogP contribution in [0.1, 0.15) is 10.4 Å². The van der Waals surface area contributed by atoms with E-state index in [0.717, 1.165) is 0 Å². The maximum Gasteiger partial charge on any atom is 0.200 e. The van der Waals surface area contributed by atoms with Gasteiger partial charge in [0.2, 0.25) is 5.75 Å². The van der Waals surface area contributed by atoms with E-state index in [-0.39, 0.29) is 22.8 Å². The van der Waals surface area contributed by atoms with E-state index in [9.17, 15) is 20.1 Å². The number of ether oxygens (including phenoxy) is 2. The summed E-state index contributed by atoms with van der Waals surface area (Å²) in [6.45, 7) is -0.751. The smallest absolute Gasteiger partial charge is 0.200 e. The number of carbonyl (C=O) groups excluding carboxylic acids is 1. The highest BCUT2D eigenvalue weighted by Gasteiger charge is 2.26. The molecule has 0 aliphatic rings. The first kappa shape index (κ1) is 15.2. The molecule has 2 unspecified atom stereocenters. The van der Waals surface area contributed by atoms with Gasteiger partial charge in [0.05, 0.1) is 20.8 Å². The van der Waals surface area contributed by atoms with Crippen molar-refractivity contribution in [3.8, 4) is 17.2 Å². The number of aliphatic hydroxyl groups is 3. The Bertz CT molecular complexity index is 432. The number of benzene rings is 1. The largest absolute Gasteiger partial charge is 0.502 e. The summed E-state index contributed by atoms with van der Waals surface area (Å²) in [6, 6.07) is 2.40. The van der Waals surface area contributed by atoms with Crippen LogP contribution in [0.25, 0.3) is 0 Å². The van der Waals surface area contributed by atoms with Gasteiger partial charge in [-0.25, -0.2) is 0 Å². The van der Waals surface area contributed by atoms with E-state index >= 15 is 0 Å². The average molecular weight is 272 g/mol. The van der Waals surface area contributed by atoms with Gasteiger partial charge in [0, 0.05) is 5.56 Å². The molecule has 0 saturated heterocycles. The van der Waals surface area contributed by atoms with Crippen LogP contribution in [0.15, 0.2) is 12.1 Å². The van der Waals surface area contributed by atoms with Crippen molar-refractivity contribution in [2.75, 3.05) is 20.8 Å². The molecule has 106 valence electrons. The number of carbonyl (C=O) groups is 1. The Morgan fingerprint density at radius 3 is 2.05 bits per heavy atom. The normalized spacial score (nSPS) is 13.7. The average Bonchev–Trinajstić information content (AvgIpc) is 2.44. The molecule has 1 aromatic carbocycles. The molecular weight excluding hydrogens is 256 g/mol. The Hall–Kier alpha value is -1.83. The molecule has 0 aromatic heterocycles. The van der Waals surface area contributed by atoms with E-state index < -0.39 is 24.6 Å². The molecule has 0 saturated carbocycles. The summed E-state index contributed by atoms with van der Waals surface area (Å²) < 4.78 is 9.74. The van der Waals surface area contributed by atoms with Gasteiger partial charge in [-0.2, -0.15) is 0 Å². The number of aliphatic hydroxyl groups excluding tert-OH is 3. The SMILES string of the molecule is COc1cc(C(=O)C(O)C(O)CO)cc(OC)c1O. The molecule has 0 heterocycles. The Labute approximate surface area is 109 Å². The summed E-state index contributed by atoms with van der Waals surface area (Å²) >= 11 is 0. The molecule has 0 aliphatic heterocycles. The van der Waals surface area contributed by atoms with Gasteiger partial charge in [-0.3, -0.25) is 4.79 Å². The van der Waals surface area contributed by atoms with E-state index in [4.69, 9.17) is 14.6 Å². The summed E-state index contributed by atoms with van der Waals surface area (Å²) in [7, 11) is 2.59. The fourth-order valence-corrected chi connectivity index (χ4v) is 1.48. The number of ketones is 1. The van der Waals surface area contributed by atoms with Crippen LogP contribution >= 0.6 is 0 Å². The minimum Gasteiger partial charge on any atom is -0.502 e. The van der Waals surface area contributed by atoms with E-state index in [2.05, 4.69) is 0 Å². The van der Waals surface area contributed by atoms with Gasteiger partial charge >= 0.3 is 0 Å². The van der Waals surface area contributed by atoms with Crippen molar-refractivity contribution >= 4 is 5.78 Å². The summed E-state index contributed by atoms with van der Waals surface area (Å²) in [5.41, 5.74) is -0.0218. The zero-order valence-corrected chi connectivity index (χ0v) is 10.5. The molecule has 0 amide bonds. The first-order valence-electron chi connectivity index (χ1n) is 5.42. The highest BCUT2D eigenvalue weighted by Crippen LogP contribution is 2.37. The number of Topliss-reactive ketones (excluding diaryl/α,β-unsaturated/α-hetero) is 1. The lowest BCUT2D eigenvalue weighted by atomic mass is 10.0. The van der Waals surface area contributed by atoms with E-state index in [1.54, 1.807) is 0 Å². The van der Waals surface area contributed by atoms with Gasteiger partial charge in [0.15, 0.2) is 17.3 Å². The number of methoxy groups -OCH3 is 2. The first-order valence-corrected chi connectivity index (χ1v) is 5.42. The molecule has 4 N–H and O–H groups in total. The lowest BCUT2D eigenvalue weighted by molar-refractivity contribution is -0.00493. The predicted octanol–water partition coefficient (Wildman–Crippen LogP) is -0.694. The van der Waals surface area contributed by atoms with Crippen molar-refractivity contribution in [2.45, 2.75) is 12.2 Å². The third-order valence-corrected chi connectivity index (χ3v) is 2.58. The van der Waals surface area contributed by atoms with Crippen LogP contribution in [-0.4, -0.2) is 59.2 Å². The number of hydrogen-bond donors (Lipinski definition) is 4. The van der Waals surface area contributed by atoms with Crippen LogP contribution in [0.4, 0.5) is 0 Å². The zero-order valence-electron chi connectivity index (χ0n) is 10.5. The molecule has 0 aliphatic carbocycles. The molecule has 7 heteroatoms. The molecule has 2 atom stereocenters. The summed E-state index contributed by atoms with van der Waals surface area (Å²) in [4.78, 5) is 11.9. The van der Waals surface area contributed by atoms with Crippen molar-refractivity contribution in [1.29, 1.82) is 0 Å². The van der Waals surface area contributed by atoms with Gasteiger partial charge < -0.3 is 29.9 Å². The van der Waals surface area contributed by atoms with E-state index in [0.29, 0.717) is 0 Å². The van der Waals surface area contributed by atoms with E-state index in [1.165, 1.54) is 26.4 Å². The number of hydrogen-bond acceptors (Lipinski definition) is 7. The highest BCUT2D eigenvalue weighted by atomic mass is 16.5. The van der Waals surface area contributed by atoms with Crippen molar-refractivity contribution in [3.63, 3.8) is 0 Å². The second-order valence-corrected chi connectivity index (χ2v) is 3.79. The summed E-state index contributed by atoms with van der Waals surface area (Å²) in [5.74, 6) is -1.11. The number of phenols is 1. The minimum absolute atomic E-state index is 0.00612. The fourth-order valence-electron chi connectivity index (χ4n) is 1.48. The lowest BCUT2D eigenvalue weighted by Gasteiger charge is -2.16. The molecule has 0 bridgehead atoms. The Morgan fingerprint density at radius 1 is 1.21 bits per heavy atom. The second kappa shape index (κ2) is 6.37. The standard InChI is InChI=1S/C12H16O7/c1-18-8-3-6(4-9(19-2)12(8)17)10(15)11(16)7(14)5-13/h3-4,7,11,13-14,16-17H,5H2,1-2H3. The van der Waals surface area contributed by atoms with Crippen LogP contribution in [0.5, 0.6) is 17.2 Å². The third-order valence-electron chi connectivity index (χ3n) is 2.58. The highest BCUT2D eigenvalue weighted by molar-refractivity contribution is 6.00. The number of aromatic hydroxyl groups is 1. The van der Waals surface area contributed by atoms with Crippen LogP contribution < -0.4 is 9.47 Å². The Balaban J connectivity index is 3.17. The molecule has 19 heavy (non-hydrogen) atoms. The van der Waals surface area contributed by atoms with Crippen molar-refractivity contribution in [1.82, 2.24) is 0 Å². The Morgan fingerprint density at radius 2 is 1.68 bits per heavy atom. The second-order valence-electron chi connectivity index (χ2n) is 3.79. The number of rotatable bonds is 6. The number of phenolic OH excluding ortho intramolecular Hbond substituents is 1. The quantitative estimate of drug-likeness (QED) is 0.506. The molecule has 7 nitrogen and oxygen atoms in total. The van der Waals surface area contributed by atoms with Gasteiger partial charge in [-0.15, -0.1) is 0 Å². The van der Waals surface area contributed by atoms with Crippen LogP contribution in [-0.2, 0) is 0 Å². The van der Waals surface area contributed by atoms with Gasteiger partial charge in [-0.1, -0.05) is 0 Å². The predicted molar refractivity (Wildman–Crippen MR) is 64.6 cm³/mol. The topological polar surface area (TPSA) is 116 Å². The van der Waals surface area contributed by atoms with Crippen molar-refractivity contribution in [2.24, 2.45) is 0 Å². The zero-order chi connectivity index (χ0) is 14.6. The van der Waals surface area contributed by atoms with Gasteiger partial charge in [-0.05, 0) is 12.1 Å². The molecule has 1 rings (SSSR count). The Kier molecular flexibility index (Phi) is 5.11. The molecule has 1 aromatic rings. The van der Waals surface area contributed by atoms with Gasteiger partial charge in [0.1, 0.15) is 12.2 Å². The lowest BCUT2D eigenvalue weighted by Crippen LogP contribution is -2.36. The maximum atomic E-state index is 11.9. The molecule has 0 radical (unpaired) electrons. The van der Waals surface area contributed by atoms with Crippen LogP contribution in [0.2, 0.25) is 0 Å². The van der Waals surface area contributed by atoms with E-state index in [1.807, 2.05) is 0 Å². The van der Waals surface area contributed by atoms with Crippen LogP contribution in [0, 0.1) is 0 Å². The summed E-state index contributed by atoms with van der Waals surface area (Å²) in [5, 5.41) is 37.1. The molecule has 0 spiro atoms. The first-order chi connectivity index (χ1) is 8.96. The van der Waals surface area contributed by atoms with Gasteiger partial charge in [0.25, 0.3) is 0 Å². The summed E-state index contributed by atoms with van der Waals surface area (Å²) in [6.07, 6.45) is -3.36. The molecule has 0 fully saturated rings. The minimum atomic E-state index is -1.77. The molecular formula is C12H16O7. The third kappa shape index (κ3) is 3.14. The monoisotopic (exact) mass is 272 g/mol. The maximum absolute atomic E-state index is 11.9. The van der Waals surface area contributed by atoms with Crippen molar-refractivity contribution in [3.05, 3.63) is 17.7 Å². The van der Waals surface area contributed by atoms with Crippen LogP contribution in [0.3, 0.4) is 0 Å².